The van der Waals surface area contributed by atoms with Crippen molar-refractivity contribution in [1.29, 1.82) is 0 Å². The number of rotatable bonds is 5. The van der Waals surface area contributed by atoms with Crippen molar-refractivity contribution in [2.24, 2.45) is 5.73 Å². The summed E-state index contributed by atoms with van der Waals surface area (Å²) in [6.07, 6.45) is 4.77. The summed E-state index contributed by atoms with van der Waals surface area (Å²) < 4.78 is 1.85. The normalized spacial score (nSPS) is 10.3. The van der Waals surface area contributed by atoms with Crippen molar-refractivity contribution in [1.82, 2.24) is 9.78 Å². The molecule has 16 heavy (non-hydrogen) atoms. The molecule has 0 atom stereocenters. The SMILES string of the molecule is NCCCNc1cnn(-c2ccccc2)c1. The molecule has 0 fully saturated rings. The minimum Gasteiger partial charge on any atom is -0.382 e. The molecule has 2 rings (SSSR count). The molecule has 0 bridgehead atoms. The molecule has 0 amide bonds. The summed E-state index contributed by atoms with van der Waals surface area (Å²) in [5.74, 6) is 0. The van der Waals surface area contributed by atoms with Gasteiger partial charge < -0.3 is 11.1 Å². The molecule has 4 nitrogen and oxygen atoms in total. The molecule has 0 radical (unpaired) electrons. The Morgan fingerprint density at radius 1 is 1.25 bits per heavy atom. The Morgan fingerprint density at radius 2 is 2.06 bits per heavy atom. The summed E-state index contributed by atoms with van der Waals surface area (Å²) in [7, 11) is 0. The molecule has 3 N–H and O–H groups in total. The van der Waals surface area contributed by atoms with Gasteiger partial charge in [0.15, 0.2) is 0 Å². The van der Waals surface area contributed by atoms with E-state index in [2.05, 4.69) is 10.4 Å². The second-order valence-corrected chi connectivity index (χ2v) is 3.58. The van der Waals surface area contributed by atoms with E-state index in [9.17, 15) is 0 Å². The van der Waals surface area contributed by atoms with Crippen molar-refractivity contribution in [2.45, 2.75) is 6.42 Å². The van der Waals surface area contributed by atoms with Crippen LogP contribution < -0.4 is 11.1 Å². The van der Waals surface area contributed by atoms with Gasteiger partial charge in [0.2, 0.25) is 0 Å². The Hall–Kier alpha value is -1.81. The maximum atomic E-state index is 5.43. The van der Waals surface area contributed by atoms with Gasteiger partial charge in [0.1, 0.15) is 0 Å². The number of hydrogen-bond donors (Lipinski definition) is 2. The van der Waals surface area contributed by atoms with Gasteiger partial charge >= 0.3 is 0 Å². The molecule has 4 heteroatoms. The highest BCUT2D eigenvalue weighted by Crippen LogP contribution is 2.10. The van der Waals surface area contributed by atoms with E-state index in [1.165, 1.54) is 0 Å². The fourth-order valence-electron chi connectivity index (χ4n) is 1.47. The Labute approximate surface area is 95.1 Å². The van der Waals surface area contributed by atoms with E-state index in [0.29, 0.717) is 6.54 Å². The third-order valence-corrected chi connectivity index (χ3v) is 2.31. The minimum absolute atomic E-state index is 0.708. The Balaban J connectivity index is 2.02. The molecule has 1 heterocycles. The fourth-order valence-corrected chi connectivity index (χ4v) is 1.47. The molecule has 0 aliphatic heterocycles. The molecule has 0 saturated carbocycles. The second kappa shape index (κ2) is 5.32. The zero-order valence-electron chi connectivity index (χ0n) is 9.13. The smallest absolute Gasteiger partial charge is 0.0731 e. The second-order valence-electron chi connectivity index (χ2n) is 3.58. The van der Waals surface area contributed by atoms with Crippen LogP contribution in [0.5, 0.6) is 0 Å². The van der Waals surface area contributed by atoms with Crippen molar-refractivity contribution in [3.05, 3.63) is 42.7 Å². The number of benzene rings is 1. The van der Waals surface area contributed by atoms with Crippen LogP contribution >= 0.6 is 0 Å². The van der Waals surface area contributed by atoms with Gasteiger partial charge in [-0.3, -0.25) is 0 Å². The Kier molecular flexibility index (Phi) is 3.56. The molecule has 0 saturated heterocycles. The van der Waals surface area contributed by atoms with Crippen LogP contribution in [-0.2, 0) is 0 Å². The van der Waals surface area contributed by atoms with E-state index in [0.717, 1.165) is 24.3 Å². The maximum Gasteiger partial charge on any atom is 0.0731 e. The van der Waals surface area contributed by atoms with Crippen molar-refractivity contribution >= 4 is 5.69 Å². The van der Waals surface area contributed by atoms with Crippen molar-refractivity contribution < 1.29 is 0 Å². The zero-order chi connectivity index (χ0) is 11.2. The van der Waals surface area contributed by atoms with Gasteiger partial charge in [-0.2, -0.15) is 5.10 Å². The monoisotopic (exact) mass is 216 g/mol. The molecule has 84 valence electrons. The van der Waals surface area contributed by atoms with Gasteiger partial charge in [0.25, 0.3) is 0 Å². The third-order valence-electron chi connectivity index (χ3n) is 2.31. The van der Waals surface area contributed by atoms with Crippen LogP contribution in [0.3, 0.4) is 0 Å². The number of para-hydroxylation sites is 1. The van der Waals surface area contributed by atoms with E-state index in [-0.39, 0.29) is 0 Å². The maximum absolute atomic E-state index is 5.43. The number of nitrogens with one attached hydrogen (secondary N) is 1. The van der Waals surface area contributed by atoms with E-state index < -0.39 is 0 Å². The molecule has 0 aliphatic rings. The molecule has 0 spiro atoms. The highest BCUT2D eigenvalue weighted by molar-refractivity contribution is 5.42. The minimum atomic E-state index is 0.708. The van der Waals surface area contributed by atoms with Gasteiger partial charge in [-0.1, -0.05) is 18.2 Å². The van der Waals surface area contributed by atoms with Crippen molar-refractivity contribution in [3.8, 4) is 5.69 Å². The number of nitrogens with zero attached hydrogens (tertiary/aromatic N) is 2. The van der Waals surface area contributed by atoms with Gasteiger partial charge in [0, 0.05) is 6.54 Å². The zero-order valence-corrected chi connectivity index (χ0v) is 9.13. The lowest BCUT2D eigenvalue weighted by Gasteiger charge is -2.01. The van der Waals surface area contributed by atoms with Crippen molar-refractivity contribution in [2.75, 3.05) is 18.4 Å². The topological polar surface area (TPSA) is 55.9 Å². The van der Waals surface area contributed by atoms with Gasteiger partial charge in [-0.25, -0.2) is 4.68 Å². The summed E-state index contributed by atoms with van der Waals surface area (Å²) in [6.45, 7) is 1.59. The Bertz CT molecular complexity index is 422. The van der Waals surface area contributed by atoms with Crippen LogP contribution in [-0.4, -0.2) is 22.9 Å². The lowest BCUT2D eigenvalue weighted by atomic mass is 10.3. The molecule has 1 aromatic carbocycles. The molecule has 0 unspecified atom stereocenters. The number of nitrogens with two attached hydrogens (primary N) is 1. The third kappa shape index (κ3) is 2.61. The summed E-state index contributed by atoms with van der Waals surface area (Å²) in [5, 5.41) is 7.56. The number of anilines is 1. The van der Waals surface area contributed by atoms with Crippen LogP contribution in [0.15, 0.2) is 42.7 Å². The van der Waals surface area contributed by atoms with Crippen LogP contribution in [0.1, 0.15) is 6.42 Å². The summed E-state index contributed by atoms with van der Waals surface area (Å²) in [4.78, 5) is 0. The lowest BCUT2D eigenvalue weighted by Crippen LogP contribution is -2.07. The van der Waals surface area contributed by atoms with E-state index >= 15 is 0 Å². The van der Waals surface area contributed by atoms with Crippen LogP contribution in [0.2, 0.25) is 0 Å². The molecule has 0 aliphatic carbocycles. The van der Waals surface area contributed by atoms with Gasteiger partial charge in [0.05, 0.1) is 23.8 Å². The summed E-state index contributed by atoms with van der Waals surface area (Å²) in [6, 6.07) is 10.0. The predicted molar refractivity (Wildman–Crippen MR) is 65.7 cm³/mol. The standard InChI is InChI=1S/C12H16N4/c13-7-4-8-14-11-9-15-16(10-11)12-5-2-1-3-6-12/h1-3,5-6,9-10,14H,4,7-8,13H2. The van der Waals surface area contributed by atoms with Gasteiger partial charge in [-0.15, -0.1) is 0 Å². The fraction of sp³-hybridized carbons (Fsp3) is 0.250. The van der Waals surface area contributed by atoms with E-state index in [1.807, 2.05) is 47.4 Å². The average Bonchev–Trinajstić information content (AvgIpc) is 2.79. The van der Waals surface area contributed by atoms with Crippen LogP contribution in [0.4, 0.5) is 5.69 Å². The first kappa shape index (κ1) is 10.7. The molecule has 1 aromatic heterocycles. The predicted octanol–water partition coefficient (Wildman–Crippen LogP) is 1.63. The van der Waals surface area contributed by atoms with Crippen molar-refractivity contribution in [3.63, 3.8) is 0 Å². The Morgan fingerprint density at radius 3 is 2.81 bits per heavy atom. The average molecular weight is 216 g/mol. The largest absolute Gasteiger partial charge is 0.382 e. The summed E-state index contributed by atoms with van der Waals surface area (Å²) in [5.41, 5.74) is 7.52. The molecule has 2 aromatic rings. The summed E-state index contributed by atoms with van der Waals surface area (Å²) >= 11 is 0. The number of hydrogen-bond acceptors (Lipinski definition) is 3. The highest BCUT2D eigenvalue weighted by atomic mass is 15.3. The van der Waals surface area contributed by atoms with E-state index in [4.69, 9.17) is 5.73 Å². The lowest BCUT2D eigenvalue weighted by molar-refractivity contribution is 0.872. The first-order valence-electron chi connectivity index (χ1n) is 5.44. The van der Waals surface area contributed by atoms with Crippen LogP contribution in [0, 0.1) is 0 Å². The molecular weight excluding hydrogens is 200 g/mol. The quantitative estimate of drug-likeness (QED) is 0.747. The number of aromatic nitrogens is 2. The van der Waals surface area contributed by atoms with Gasteiger partial charge in [-0.05, 0) is 25.1 Å². The molecular formula is C12H16N4. The van der Waals surface area contributed by atoms with Crippen LogP contribution in [0.25, 0.3) is 5.69 Å². The first-order valence-corrected chi connectivity index (χ1v) is 5.44. The van der Waals surface area contributed by atoms with E-state index in [1.54, 1.807) is 0 Å². The first-order chi connectivity index (χ1) is 7.90. The highest BCUT2D eigenvalue weighted by Gasteiger charge is 1.98.